The maximum absolute atomic E-state index is 11.6. The molecule has 6 rings (SSSR count). The summed E-state index contributed by atoms with van der Waals surface area (Å²) in [5.74, 6) is -0.382. The topological polar surface area (TPSA) is 138 Å². The Labute approximate surface area is 295 Å². The van der Waals surface area contributed by atoms with Crippen LogP contribution in [0.2, 0.25) is 0 Å². The van der Waals surface area contributed by atoms with Crippen LogP contribution in [-0.4, -0.2) is 47.5 Å². The average Bonchev–Trinajstić information content (AvgIpc) is 3.66. The molecule has 234 valence electrons. The molecule has 13 heteroatoms. The van der Waals surface area contributed by atoms with Gasteiger partial charge in [-0.05, 0) is 56.1 Å². The standard InChI is InChI=1S/C18H14BrN3OS.C16H10BrN3O2S/c1-2-13(23)11-24-18-21-10-17(19)22(18)16-8-7-12(9-20)14-5-3-4-6-15(14)16;17-14-8-19-16(23-9-15(21)22)20(14)13-6-5-10(7-18)11-3-1-2-4-12(11)13/h3-8,10H,2,11H2,1H3;1-6,8H,9H2,(H,21,22). The van der Waals surface area contributed by atoms with Crippen molar-refractivity contribution in [1.29, 1.82) is 10.5 Å². The summed E-state index contributed by atoms with van der Waals surface area (Å²) in [6.45, 7) is 1.86. The third kappa shape index (κ3) is 7.45. The summed E-state index contributed by atoms with van der Waals surface area (Å²) in [6, 6.07) is 27.2. The molecule has 0 saturated carbocycles. The monoisotopic (exact) mass is 786 g/mol. The molecular weight excluding hydrogens is 764 g/mol. The van der Waals surface area contributed by atoms with E-state index in [2.05, 4.69) is 54.0 Å². The molecule has 0 amide bonds. The molecule has 0 spiro atoms. The number of nitriles is 2. The number of aliphatic carboxylic acids is 1. The SMILES string of the molecule is CCC(=O)CSc1ncc(Br)n1-c1ccc(C#N)c2ccccc12.N#Cc1ccc(-n2c(Br)cnc2SCC(=O)O)c2ccccc12. The van der Waals surface area contributed by atoms with Crippen LogP contribution in [0.5, 0.6) is 0 Å². The van der Waals surface area contributed by atoms with Gasteiger partial charge in [-0.25, -0.2) is 9.97 Å². The summed E-state index contributed by atoms with van der Waals surface area (Å²) in [5, 5.41) is 32.4. The van der Waals surface area contributed by atoms with Crippen LogP contribution < -0.4 is 0 Å². The number of carbonyl (C=O) groups excluding carboxylic acids is 1. The summed E-state index contributed by atoms with van der Waals surface area (Å²) in [4.78, 5) is 31.1. The predicted molar refractivity (Wildman–Crippen MR) is 191 cm³/mol. The predicted octanol–water partition coefficient (Wildman–Crippen LogP) is 8.57. The molecule has 0 atom stereocenters. The fourth-order valence-electron chi connectivity index (χ4n) is 4.80. The zero-order chi connectivity index (χ0) is 33.5. The quantitative estimate of drug-likeness (QED) is 0.143. The molecule has 0 aliphatic carbocycles. The number of hydrogen-bond acceptors (Lipinski definition) is 8. The molecule has 0 fully saturated rings. The molecule has 0 unspecified atom stereocenters. The van der Waals surface area contributed by atoms with E-state index in [-0.39, 0.29) is 11.5 Å². The fourth-order valence-corrected chi connectivity index (χ4v) is 7.61. The van der Waals surface area contributed by atoms with Crippen LogP contribution in [-0.2, 0) is 9.59 Å². The van der Waals surface area contributed by atoms with E-state index >= 15 is 0 Å². The highest BCUT2D eigenvalue weighted by molar-refractivity contribution is 9.10. The number of aromatic nitrogens is 4. The summed E-state index contributed by atoms with van der Waals surface area (Å²) >= 11 is 9.56. The first-order valence-electron chi connectivity index (χ1n) is 14.1. The lowest BCUT2D eigenvalue weighted by atomic mass is 10.0. The van der Waals surface area contributed by atoms with Crippen LogP contribution in [0.15, 0.2) is 105 Å². The maximum atomic E-state index is 11.6. The highest BCUT2D eigenvalue weighted by Gasteiger charge is 2.17. The van der Waals surface area contributed by atoms with Crippen LogP contribution in [0, 0.1) is 22.7 Å². The first kappa shape index (κ1) is 33.9. The molecule has 0 bridgehead atoms. The van der Waals surface area contributed by atoms with Gasteiger partial charge in [-0.1, -0.05) is 79.0 Å². The second-order valence-electron chi connectivity index (χ2n) is 9.84. The van der Waals surface area contributed by atoms with E-state index in [9.17, 15) is 20.1 Å². The first-order valence-corrected chi connectivity index (χ1v) is 17.6. The van der Waals surface area contributed by atoms with Gasteiger partial charge in [0.15, 0.2) is 10.3 Å². The van der Waals surface area contributed by atoms with Gasteiger partial charge in [-0.3, -0.25) is 18.7 Å². The highest BCUT2D eigenvalue weighted by atomic mass is 79.9. The largest absolute Gasteiger partial charge is 0.481 e. The molecule has 0 aliphatic rings. The average molecular weight is 789 g/mol. The van der Waals surface area contributed by atoms with E-state index in [1.807, 2.05) is 82.8 Å². The molecular formula is C34H24Br2N6O3S2. The van der Waals surface area contributed by atoms with Crippen molar-refractivity contribution >= 4 is 88.7 Å². The Morgan fingerprint density at radius 1 is 0.723 bits per heavy atom. The summed E-state index contributed by atoms with van der Waals surface area (Å²) in [7, 11) is 0. The Balaban J connectivity index is 0.000000185. The second kappa shape index (κ2) is 15.5. The van der Waals surface area contributed by atoms with Crippen molar-refractivity contribution in [2.24, 2.45) is 0 Å². The van der Waals surface area contributed by atoms with Crippen LogP contribution in [0.3, 0.4) is 0 Å². The van der Waals surface area contributed by atoms with Crippen LogP contribution in [0.25, 0.3) is 32.9 Å². The Hall–Kier alpha value is -4.40. The number of imidazole rings is 2. The van der Waals surface area contributed by atoms with Crippen molar-refractivity contribution in [2.45, 2.75) is 23.7 Å². The number of benzene rings is 4. The highest BCUT2D eigenvalue weighted by Crippen LogP contribution is 2.34. The number of halogens is 2. The Kier molecular flexibility index (Phi) is 11.2. The number of ketones is 1. The van der Waals surface area contributed by atoms with Crippen molar-refractivity contribution in [3.8, 4) is 23.5 Å². The zero-order valence-electron chi connectivity index (χ0n) is 24.7. The Morgan fingerprint density at radius 3 is 1.55 bits per heavy atom. The number of hydrogen-bond donors (Lipinski definition) is 1. The number of carboxylic acid groups (broad SMARTS) is 1. The minimum absolute atomic E-state index is 0.0718. The number of carboxylic acids is 1. The van der Waals surface area contributed by atoms with E-state index in [0.717, 1.165) is 59.0 Å². The number of nitrogens with zero attached hydrogens (tertiary/aromatic N) is 6. The normalized spacial score (nSPS) is 10.7. The van der Waals surface area contributed by atoms with Gasteiger partial charge in [-0.2, -0.15) is 10.5 Å². The third-order valence-electron chi connectivity index (χ3n) is 6.98. The molecule has 0 aliphatic heterocycles. The van der Waals surface area contributed by atoms with Gasteiger partial charge in [0.25, 0.3) is 0 Å². The van der Waals surface area contributed by atoms with E-state index in [1.54, 1.807) is 18.5 Å². The van der Waals surface area contributed by atoms with Crippen molar-refractivity contribution < 1.29 is 14.7 Å². The molecule has 0 saturated heterocycles. The van der Waals surface area contributed by atoms with Crippen LogP contribution >= 0.6 is 55.4 Å². The zero-order valence-corrected chi connectivity index (χ0v) is 29.5. The lowest BCUT2D eigenvalue weighted by Gasteiger charge is -2.13. The van der Waals surface area contributed by atoms with Crippen LogP contribution in [0.1, 0.15) is 24.5 Å². The molecule has 47 heavy (non-hydrogen) atoms. The van der Waals surface area contributed by atoms with Crippen molar-refractivity contribution in [2.75, 3.05) is 11.5 Å². The summed E-state index contributed by atoms with van der Waals surface area (Å²) in [6.07, 6.45) is 3.89. The number of carbonyl (C=O) groups is 2. The third-order valence-corrected chi connectivity index (χ3v) is 10.0. The van der Waals surface area contributed by atoms with Crippen LogP contribution in [0.4, 0.5) is 0 Å². The van der Waals surface area contributed by atoms with Gasteiger partial charge in [0.1, 0.15) is 15.0 Å². The number of thioether (sulfide) groups is 2. The second-order valence-corrected chi connectivity index (χ2v) is 13.4. The molecule has 4 aromatic carbocycles. The Bertz CT molecular complexity index is 2220. The lowest BCUT2D eigenvalue weighted by Crippen LogP contribution is -2.03. The van der Waals surface area contributed by atoms with Crippen molar-refractivity contribution in [3.05, 3.63) is 106 Å². The molecule has 2 heterocycles. The minimum atomic E-state index is -0.898. The first-order chi connectivity index (χ1) is 22.8. The van der Waals surface area contributed by atoms with Gasteiger partial charge in [-0.15, -0.1) is 0 Å². The van der Waals surface area contributed by atoms with Gasteiger partial charge in [0.05, 0.1) is 58.5 Å². The maximum Gasteiger partial charge on any atom is 0.313 e. The number of fused-ring (bicyclic) bond motifs is 2. The molecule has 6 aromatic rings. The number of Topliss-reactive ketones (excluding diaryl/α,β-unsaturated/α-hetero) is 1. The summed E-state index contributed by atoms with van der Waals surface area (Å²) < 4.78 is 5.35. The molecule has 0 radical (unpaired) electrons. The lowest BCUT2D eigenvalue weighted by molar-refractivity contribution is -0.133. The fraction of sp³-hybridized carbons (Fsp3) is 0.118. The van der Waals surface area contributed by atoms with E-state index in [0.29, 0.717) is 28.5 Å². The van der Waals surface area contributed by atoms with Gasteiger partial charge >= 0.3 is 5.97 Å². The van der Waals surface area contributed by atoms with E-state index in [4.69, 9.17) is 5.11 Å². The molecule has 9 nitrogen and oxygen atoms in total. The smallest absolute Gasteiger partial charge is 0.313 e. The van der Waals surface area contributed by atoms with Gasteiger partial charge in [0, 0.05) is 28.0 Å². The minimum Gasteiger partial charge on any atom is -0.481 e. The molecule has 1 N–H and O–H groups in total. The van der Waals surface area contributed by atoms with E-state index in [1.165, 1.54) is 11.8 Å². The van der Waals surface area contributed by atoms with Crippen molar-refractivity contribution in [3.63, 3.8) is 0 Å². The molecule has 2 aromatic heterocycles. The van der Waals surface area contributed by atoms with Crippen molar-refractivity contribution in [1.82, 2.24) is 19.1 Å². The summed E-state index contributed by atoms with van der Waals surface area (Å²) in [5.41, 5.74) is 3.01. The van der Waals surface area contributed by atoms with Gasteiger partial charge < -0.3 is 5.11 Å². The van der Waals surface area contributed by atoms with Gasteiger partial charge in [0.2, 0.25) is 0 Å². The van der Waals surface area contributed by atoms with E-state index < -0.39 is 5.97 Å². The Morgan fingerprint density at radius 2 is 1.15 bits per heavy atom. The number of rotatable bonds is 9.